The second kappa shape index (κ2) is 6.39. The average Bonchev–Trinajstić information content (AvgIpc) is 2.51. The summed E-state index contributed by atoms with van der Waals surface area (Å²) in [5.41, 5.74) is 1.27. The van der Waals surface area contributed by atoms with Gasteiger partial charge in [0, 0.05) is 21.7 Å². The highest BCUT2D eigenvalue weighted by molar-refractivity contribution is 9.10. The van der Waals surface area contributed by atoms with E-state index in [9.17, 15) is 0 Å². The van der Waals surface area contributed by atoms with Gasteiger partial charge in [0.1, 0.15) is 0 Å². The van der Waals surface area contributed by atoms with Crippen molar-refractivity contribution in [2.75, 3.05) is 0 Å². The molecule has 22 heavy (non-hydrogen) atoms. The van der Waals surface area contributed by atoms with Crippen LogP contribution >= 0.6 is 73.9 Å². The molecule has 0 aromatic heterocycles. The third-order valence-electron chi connectivity index (χ3n) is 3.22. The van der Waals surface area contributed by atoms with Crippen molar-refractivity contribution in [3.05, 3.63) is 66.0 Å². The molecule has 3 aromatic rings. The third-order valence-corrected chi connectivity index (χ3v) is 6.12. The predicted molar refractivity (Wildman–Crippen MR) is 101 cm³/mol. The van der Waals surface area contributed by atoms with Gasteiger partial charge in [-0.2, -0.15) is 0 Å². The van der Waals surface area contributed by atoms with E-state index < -0.39 is 0 Å². The average molecular weight is 454 g/mol. The van der Waals surface area contributed by atoms with Crippen molar-refractivity contribution in [1.29, 1.82) is 0 Å². The second-order valence-electron chi connectivity index (χ2n) is 4.53. The van der Waals surface area contributed by atoms with Gasteiger partial charge in [-0.05, 0) is 32.8 Å². The van der Waals surface area contributed by atoms with Crippen LogP contribution in [0, 0.1) is 6.07 Å². The number of hydrogen-bond donors (Lipinski definition) is 0. The molecule has 111 valence electrons. The van der Waals surface area contributed by atoms with Crippen molar-refractivity contribution in [1.82, 2.24) is 0 Å². The van der Waals surface area contributed by atoms with Crippen LogP contribution in [0.25, 0.3) is 21.9 Å². The van der Waals surface area contributed by atoms with E-state index in [1.807, 2.05) is 30.3 Å². The summed E-state index contributed by atoms with van der Waals surface area (Å²) in [5, 5.41) is 2.96. The minimum Gasteiger partial charge on any atom is -0.0819 e. The fourth-order valence-electron chi connectivity index (χ4n) is 2.16. The molecule has 0 spiro atoms. The molecule has 0 amide bonds. The Labute approximate surface area is 161 Å². The minimum atomic E-state index is 0.142. The Morgan fingerprint density at radius 1 is 0.773 bits per heavy atom. The van der Waals surface area contributed by atoms with Gasteiger partial charge in [-0.1, -0.05) is 82.3 Å². The Morgan fingerprint density at radius 3 is 1.95 bits per heavy atom. The zero-order chi connectivity index (χ0) is 16.0. The Kier molecular flexibility index (Phi) is 4.85. The van der Waals surface area contributed by atoms with Crippen LogP contribution in [0.4, 0.5) is 0 Å². The smallest absolute Gasteiger partial charge is 0.0809 e. The summed E-state index contributed by atoms with van der Waals surface area (Å²) < 4.78 is 0.712. The first-order valence-electron chi connectivity index (χ1n) is 6.04. The van der Waals surface area contributed by atoms with E-state index in [-0.39, 0.29) is 25.1 Å². The molecule has 0 unspecified atom stereocenters. The van der Waals surface area contributed by atoms with Crippen molar-refractivity contribution >= 4 is 84.7 Å². The molecule has 0 aliphatic carbocycles. The molecule has 3 aromatic carbocycles. The molecule has 0 aliphatic heterocycles. The highest BCUT2D eigenvalue weighted by Gasteiger charge is 2.22. The van der Waals surface area contributed by atoms with Gasteiger partial charge >= 0.3 is 0 Å². The summed E-state index contributed by atoms with van der Waals surface area (Å²) in [6.45, 7) is 0. The van der Waals surface area contributed by atoms with Gasteiger partial charge in [0.25, 0.3) is 0 Å². The molecule has 6 heteroatoms. The maximum atomic E-state index is 6.34. The van der Waals surface area contributed by atoms with Crippen LogP contribution in [0.1, 0.15) is 0 Å². The summed E-state index contributed by atoms with van der Waals surface area (Å²) in [6.07, 6.45) is 0. The van der Waals surface area contributed by atoms with Crippen molar-refractivity contribution < 1.29 is 0 Å². The second-order valence-corrected chi connectivity index (χ2v) is 7.21. The molecule has 0 aliphatic rings. The number of benzene rings is 3. The Hall–Kier alpha value is -0.150. The van der Waals surface area contributed by atoms with Gasteiger partial charge in [0.2, 0.25) is 0 Å². The lowest BCUT2D eigenvalue weighted by atomic mass is 10.0. The maximum Gasteiger partial charge on any atom is 0.0809 e. The number of hydrogen-bond acceptors (Lipinski definition) is 0. The van der Waals surface area contributed by atoms with Gasteiger partial charge in [0.05, 0.1) is 25.1 Å². The molecule has 0 fully saturated rings. The van der Waals surface area contributed by atoms with Crippen LogP contribution < -0.4 is 0 Å². The molecular formula is C16H5BrCl5. The lowest BCUT2D eigenvalue weighted by molar-refractivity contribution is 1.60. The van der Waals surface area contributed by atoms with Crippen molar-refractivity contribution in [3.8, 4) is 11.1 Å². The van der Waals surface area contributed by atoms with Gasteiger partial charge in [-0.15, -0.1) is 0 Å². The molecule has 0 saturated heterocycles. The van der Waals surface area contributed by atoms with E-state index in [1.165, 1.54) is 0 Å². The minimum absolute atomic E-state index is 0.142. The van der Waals surface area contributed by atoms with Crippen LogP contribution in [-0.2, 0) is 0 Å². The fourth-order valence-corrected chi connectivity index (χ4v) is 4.03. The molecule has 0 bridgehead atoms. The zero-order valence-electron chi connectivity index (χ0n) is 10.7. The predicted octanol–water partition coefficient (Wildman–Crippen LogP) is 8.34. The normalized spacial score (nSPS) is 11.2. The topological polar surface area (TPSA) is 0 Å². The molecule has 0 nitrogen and oxygen atoms in total. The summed E-state index contributed by atoms with van der Waals surface area (Å²) in [7, 11) is 0. The van der Waals surface area contributed by atoms with Crippen molar-refractivity contribution in [2.45, 2.75) is 0 Å². The van der Waals surface area contributed by atoms with Gasteiger partial charge in [-0.25, -0.2) is 0 Å². The van der Waals surface area contributed by atoms with E-state index >= 15 is 0 Å². The quantitative estimate of drug-likeness (QED) is 0.256. The zero-order valence-corrected chi connectivity index (χ0v) is 16.0. The fraction of sp³-hybridized carbons (Fsp3) is 0. The van der Waals surface area contributed by atoms with Crippen LogP contribution in [0.2, 0.25) is 25.1 Å². The van der Waals surface area contributed by atoms with E-state index in [1.54, 1.807) is 0 Å². The summed E-state index contributed by atoms with van der Waals surface area (Å²) in [4.78, 5) is 0. The summed E-state index contributed by atoms with van der Waals surface area (Å²) in [6, 6.07) is 13.0. The van der Waals surface area contributed by atoms with Crippen molar-refractivity contribution in [2.24, 2.45) is 0 Å². The molecule has 3 rings (SSSR count). The van der Waals surface area contributed by atoms with Crippen molar-refractivity contribution in [3.63, 3.8) is 0 Å². The molecule has 0 N–H and O–H groups in total. The van der Waals surface area contributed by atoms with Crippen LogP contribution in [0.5, 0.6) is 0 Å². The highest BCUT2D eigenvalue weighted by atomic mass is 79.9. The standard InChI is InChI=1S/C16H5BrCl5/c17-10-6-8-4-2-1-3-7(8)5-9(10)11-12(18)14(20)16(22)15(21)13(11)19/h1-5H. The summed E-state index contributed by atoms with van der Waals surface area (Å²) >= 11 is 34.5. The Bertz CT molecular complexity index is 876. The largest absolute Gasteiger partial charge is 0.0819 e. The van der Waals surface area contributed by atoms with Gasteiger partial charge < -0.3 is 0 Å². The van der Waals surface area contributed by atoms with E-state index in [0.29, 0.717) is 10.0 Å². The molecule has 0 heterocycles. The molecule has 1 radical (unpaired) electrons. The molecule has 0 saturated carbocycles. The van der Waals surface area contributed by atoms with Crippen LogP contribution in [-0.4, -0.2) is 0 Å². The first-order chi connectivity index (χ1) is 10.4. The maximum absolute atomic E-state index is 6.34. The summed E-state index contributed by atoms with van der Waals surface area (Å²) in [5.74, 6) is 0. The lowest BCUT2D eigenvalue weighted by Crippen LogP contribution is -1.89. The van der Waals surface area contributed by atoms with Gasteiger partial charge in [0.15, 0.2) is 0 Å². The number of rotatable bonds is 1. The number of halogens is 6. The monoisotopic (exact) mass is 451 g/mol. The van der Waals surface area contributed by atoms with Crippen LogP contribution in [0.15, 0.2) is 34.8 Å². The van der Waals surface area contributed by atoms with E-state index in [2.05, 4.69) is 22.0 Å². The molecular weight excluding hydrogens is 449 g/mol. The van der Waals surface area contributed by atoms with Crippen LogP contribution in [0.3, 0.4) is 0 Å². The third kappa shape index (κ3) is 2.73. The first kappa shape index (κ1) is 16.7. The van der Waals surface area contributed by atoms with Gasteiger partial charge in [-0.3, -0.25) is 0 Å². The Morgan fingerprint density at radius 2 is 1.32 bits per heavy atom. The highest BCUT2D eigenvalue weighted by Crippen LogP contribution is 2.49. The SMILES string of the molecule is Clc1c(Cl)c(Cl)c(-c2cc3ccccc3[c]c2Br)c(Cl)c1Cl. The lowest BCUT2D eigenvalue weighted by Gasteiger charge is -2.14. The number of fused-ring (bicyclic) bond motifs is 1. The first-order valence-corrected chi connectivity index (χ1v) is 8.72. The van der Waals surface area contributed by atoms with E-state index in [4.69, 9.17) is 58.0 Å². The molecule has 0 atom stereocenters. The Balaban J connectivity index is 2.39. The van der Waals surface area contributed by atoms with E-state index in [0.717, 1.165) is 16.3 Å².